The van der Waals surface area contributed by atoms with E-state index in [0.717, 1.165) is 5.39 Å². The van der Waals surface area contributed by atoms with E-state index < -0.39 is 5.54 Å². The Balaban J connectivity index is 2.32. The van der Waals surface area contributed by atoms with Gasteiger partial charge in [0.1, 0.15) is 11.8 Å². The largest absolute Gasteiger partial charge is 0.463 e. The minimum Gasteiger partial charge on any atom is -0.463 e. The lowest BCUT2D eigenvalue weighted by Gasteiger charge is -2.24. The molecule has 0 atom stereocenters. The van der Waals surface area contributed by atoms with Crippen LogP contribution in [0.1, 0.15) is 24.2 Å². The number of fused-ring (bicyclic) bond motifs is 1. The highest BCUT2D eigenvalue weighted by Gasteiger charge is 2.25. The summed E-state index contributed by atoms with van der Waals surface area (Å²) in [5.74, 6) is -0.252. The zero-order valence-corrected chi connectivity index (χ0v) is 11.0. The number of benzene rings is 1. The molecule has 18 heavy (non-hydrogen) atoms. The van der Waals surface area contributed by atoms with E-state index in [2.05, 4.69) is 5.32 Å². The van der Waals surface area contributed by atoms with Crippen molar-refractivity contribution in [2.75, 3.05) is 0 Å². The third-order valence-corrected chi connectivity index (χ3v) is 3.28. The summed E-state index contributed by atoms with van der Waals surface area (Å²) < 4.78 is 5.32. The lowest BCUT2D eigenvalue weighted by Crippen LogP contribution is -2.52. The van der Waals surface area contributed by atoms with Gasteiger partial charge in [-0.3, -0.25) is 4.79 Å². The predicted molar refractivity (Wildman–Crippen MR) is 74.5 cm³/mol. The molecule has 0 unspecified atom stereocenters. The lowest BCUT2D eigenvalue weighted by atomic mass is 10.0. The Labute approximate surface area is 110 Å². The summed E-state index contributed by atoms with van der Waals surface area (Å²) in [5, 5.41) is 3.56. The molecule has 0 aliphatic rings. The molecule has 0 saturated heterocycles. The first-order chi connectivity index (χ1) is 8.42. The highest BCUT2D eigenvalue weighted by atomic mass is 32.1. The number of nitrogens with two attached hydrogens (primary N) is 1. The molecule has 5 heteroatoms. The van der Waals surface area contributed by atoms with E-state index in [9.17, 15) is 4.79 Å². The van der Waals surface area contributed by atoms with Crippen molar-refractivity contribution in [3.63, 3.8) is 0 Å². The molecule has 1 aromatic heterocycles. The van der Waals surface area contributed by atoms with Gasteiger partial charge >= 0.3 is 0 Å². The number of carbonyl (C=O) groups is 1. The third kappa shape index (κ3) is 2.22. The maximum Gasteiger partial charge on any atom is 0.255 e. The molecule has 0 aliphatic carbocycles. The van der Waals surface area contributed by atoms with E-state index in [1.165, 1.54) is 6.26 Å². The zero-order valence-electron chi connectivity index (χ0n) is 10.2. The Morgan fingerprint density at radius 2 is 2.06 bits per heavy atom. The smallest absolute Gasteiger partial charge is 0.255 e. The summed E-state index contributed by atoms with van der Waals surface area (Å²) in [7, 11) is 0. The number of thiocarbonyl (C=S) groups is 1. The number of furan rings is 1. The van der Waals surface area contributed by atoms with Gasteiger partial charge in [0.2, 0.25) is 0 Å². The highest BCUT2D eigenvalue weighted by Crippen LogP contribution is 2.21. The second-order valence-electron chi connectivity index (χ2n) is 4.59. The first-order valence-corrected chi connectivity index (χ1v) is 5.91. The van der Waals surface area contributed by atoms with Crippen LogP contribution in [0.25, 0.3) is 11.0 Å². The molecule has 0 bridgehead atoms. The summed E-state index contributed by atoms with van der Waals surface area (Å²) in [5.41, 5.74) is 6.00. The molecule has 4 nitrogen and oxygen atoms in total. The maximum atomic E-state index is 12.2. The molecule has 3 N–H and O–H groups in total. The maximum absolute atomic E-state index is 12.2. The van der Waals surface area contributed by atoms with Gasteiger partial charge in [-0.1, -0.05) is 30.4 Å². The quantitative estimate of drug-likeness (QED) is 0.832. The fraction of sp³-hybridized carbons (Fsp3) is 0.231. The molecular weight excluding hydrogens is 248 g/mol. The highest BCUT2D eigenvalue weighted by molar-refractivity contribution is 7.80. The minimum absolute atomic E-state index is 0.239. The average molecular weight is 262 g/mol. The molecule has 2 rings (SSSR count). The van der Waals surface area contributed by atoms with Gasteiger partial charge < -0.3 is 15.5 Å². The van der Waals surface area contributed by atoms with Crippen LogP contribution < -0.4 is 11.1 Å². The van der Waals surface area contributed by atoms with Crippen molar-refractivity contribution in [1.29, 1.82) is 0 Å². The minimum atomic E-state index is -0.731. The summed E-state index contributed by atoms with van der Waals surface area (Å²) >= 11 is 4.91. The van der Waals surface area contributed by atoms with Crippen LogP contribution >= 0.6 is 12.2 Å². The summed E-state index contributed by atoms with van der Waals surface area (Å²) in [6, 6.07) is 7.35. The van der Waals surface area contributed by atoms with Crippen LogP contribution in [-0.2, 0) is 0 Å². The number of nitrogens with one attached hydrogen (secondary N) is 1. The molecule has 0 saturated carbocycles. The molecule has 1 amide bonds. The molecule has 94 valence electrons. The summed E-state index contributed by atoms with van der Waals surface area (Å²) in [6.45, 7) is 3.52. The van der Waals surface area contributed by atoms with E-state index in [-0.39, 0.29) is 10.9 Å². The van der Waals surface area contributed by atoms with Crippen LogP contribution in [0.3, 0.4) is 0 Å². The zero-order chi connectivity index (χ0) is 13.3. The van der Waals surface area contributed by atoms with Crippen molar-refractivity contribution < 1.29 is 9.21 Å². The van der Waals surface area contributed by atoms with Gasteiger partial charge in [-0.15, -0.1) is 0 Å². The van der Waals surface area contributed by atoms with E-state index in [1.54, 1.807) is 13.8 Å². The molecule has 0 fully saturated rings. The second kappa shape index (κ2) is 4.42. The van der Waals surface area contributed by atoms with Crippen molar-refractivity contribution in [3.05, 3.63) is 36.1 Å². The number of carbonyl (C=O) groups excluding carboxylic acids is 1. The molecule has 0 aliphatic heterocycles. The van der Waals surface area contributed by atoms with Crippen LogP contribution in [0, 0.1) is 0 Å². The van der Waals surface area contributed by atoms with Gasteiger partial charge in [0, 0.05) is 5.39 Å². The first kappa shape index (κ1) is 12.6. The van der Waals surface area contributed by atoms with Gasteiger partial charge in [-0.05, 0) is 19.9 Å². The molecule has 0 radical (unpaired) electrons. The summed E-state index contributed by atoms with van der Waals surface area (Å²) in [6.07, 6.45) is 1.44. The number of hydrogen-bond donors (Lipinski definition) is 2. The number of hydrogen-bond acceptors (Lipinski definition) is 3. The van der Waals surface area contributed by atoms with Gasteiger partial charge in [-0.2, -0.15) is 0 Å². The van der Waals surface area contributed by atoms with Crippen molar-refractivity contribution in [2.45, 2.75) is 19.4 Å². The Bertz CT molecular complexity index is 616. The Kier molecular flexibility index (Phi) is 3.09. The van der Waals surface area contributed by atoms with E-state index in [1.807, 2.05) is 24.3 Å². The molecule has 0 spiro atoms. The topological polar surface area (TPSA) is 68.3 Å². The van der Waals surface area contributed by atoms with Crippen LogP contribution in [0.4, 0.5) is 0 Å². The van der Waals surface area contributed by atoms with Crippen molar-refractivity contribution in [1.82, 2.24) is 5.32 Å². The fourth-order valence-corrected chi connectivity index (χ4v) is 1.62. The van der Waals surface area contributed by atoms with Gasteiger partial charge in [0.15, 0.2) is 0 Å². The predicted octanol–water partition coefficient (Wildman–Crippen LogP) is 2.23. The molecule has 2 aromatic rings. The molecule has 1 aromatic carbocycles. The lowest BCUT2D eigenvalue weighted by molar-refractivity contribution is 0.0933. The van der Waals surface area contributed by atoms with E-state index in [0.29, 0.717) is 11.1 Å². The number of rotatable bonds is 3. The van der Waals surface area contributed by atoms with Crippen molar-refractivity contribution >= 4 is 34.1 Å². The first-order valence-electron chi connectivity index (χ1n) is 5.50. The Hall–Kier alpha value is -1.88. The van der Waals surface area contributed by atoms with Gasteiger partial charge in [-0.25, -0.2) is 0 Å². The number of para-hydroxylation sites is 1. The standard InChI is InChI=1S/C13H14N2O2S/c1-13(2,12(14)18)15-11(16)9-7-17-10-6-4-3-5-8(9)10/h3-7H,1-2H3,(H2,14,18)(H,15,16). The normalized spacial score (nSPS) is 11.4. The van der Waals surface area contributed by atoms with Crippen LogP contribution in [0.15, 0.2) is 34.9 Å². The molecular formula is C13H14N2O2S. The number of amides is 1. The van der Waals surface area contributed by atoms with E-state index in [4.69, 9.17) is 22.4 Å². The Morgan fingerprint density at radius 1 is 1.39 bits per heavy atom. The van der Waals surface area contributed by atoms with Gasteiger partial charge in [0.05, 0.1) is 16.1 Å². The van der Waals surface area contributed by atoms with Crippen molar-refractivity contribution in [3.8, 4) is 0 Å². The van der Waals surface area contributed by atoms with Crippen molar-refractivity contribution in [2.24, 2.45) is 5.73 Å². The van der Waals surface area contributed by atoms with E-state index >= 15 is 0 Å². The summed E-state index contributed by atoms with van der Waals surface area (Å²) in [4.78, 5) is 12.4. The molecule has 1 heterocycles. The fourth-order valence-electron chi connectivity index (χ4n) is 1.57. The SMILES string of the molecule is CC(C)(NC(=O)c1coc2ccccc12)C(N)=S. The van der Waals surface area contributed by atoms with Crippen LogP contribution in [0.5, 0.6) is 0 Å². The second-order valence-corrected chi connectivity index (χ2v) is 5.03. The Morgan fingerprint density at radius 3 is 2.72 bits per heavy atom. The van der Waals surface area contributed by atoms with Crippen LogP contribution in [-0.4, -0.2) is 16.4 Å². The average Bonchev–Trinajstić information content (AvgIpc) is 2.71. The third-order valence-electron chi connectivity index (χ3n) is 2.77. The monoisotopic (exact) mass is 262 g/mol. The van der Waals surface area contributed by atoms with Gasteiger partial charge in [0.25, 0.3) is 5.91 Å². The van der Waals surface area contributed by atoms with Crippen LogP contribution in [0.2, 0.25) is 0 Å².